The molecule has 0 aliphatic carbocycles. The first kappa shape index (κ1) is 11.3. The van der Waals surface area contributed by atoms with Crippen molar-refractivity contribution in [1.29, 1.82) is 0 Å². The fourth-order valence-corrected chi connectivity index (χ4v) is 1.33. The molecule has 0 saturated carbocycles. The molecule has 0 aromatic heterocycles. The molecular formula is C9H7BrF3N. The van der Waals surface area contributed by atoms with Crippen molar-refractivity contribution in [3.05, 3.63) is 39.6 Å². The summed E-state index contributed by atoms with van der Waals surface area (Å²) in [6.45, 7) is 0.204. The lowest BCUT2D eigenvalue weighted by Gasteiger charge is -2.02. The predicted molar refractivity (Wildman–Crippen MR) is 52.1 cm³/mol. The lowest BCUT2D eigenvalue weighted by molar-refractivity contribution is 0.443. The van der Waals surface area contributed by atoms with Crippen LogP contribution in [-0.4, -0.2) is 6.54 Å². The summed E-state index contributed by atoms with van der Waals surface area (Å²) in [5, 5.41) is 0. The maximum Gasteiger partial charge on any atom is 0.196 e. The van der Waals surface area contributed by atoms with E-state index < -0.39 is 17.5 Å². The van der Waals surface area contributed by atoms with Crippen molar-refractivity contribution in [2.24, 2.45) is 5.73 Å². The van der Waals surface area contributed by atoms with Crippen LogP contribution in [0.2, 0.25) is 0 Å². The summed E-state index contributed by atoms with van der Waals surface area (Å²) in [6.07, 6.45) is 2.74. The molecule has 0 amide bonds. The number of halogens is 4. The molecule has 0 unspecified atom stereocenters. The molecule has 0 bridgehead atoms. The standard InChI is InChI=1S/C9H7BrF3N/c10-6-4-5(2-1-3-14)7(11)9(13)8(6)12/h1-2,4H,3,14H2/b2-1+. The van der Waals surface area contributed by atoms with Gasteiger partial charge in [0.25, 0.3) is 0 Å². The van der Waals surface area contributed by atoms with E-state index in [1.165, 1.54) is 12.2 Å². The van der Waals surface area contributed by atoms with Crippen molar-refractivity contribution in [3.63, 3.8) is 0 Å². The molecule has 5 heteroatoms. The fraction of sp³-hybridized carbons (Fsp3) is 0.111. The van der Waals surface area contributed by atoms with Crippen molar-refractivity contribution in [1.82, 2.24) is 0 Å². The first-order chi connectivity index (χ1) is 6.57. The van der Waals surface area contributed by atoms with Gasteiger partial charge in [-0.05, 0) is 22.0 Å². The molecule has 0 radical (unpaired) electrons. The smallest absolute Gasteiger partial charge is 0.196 e. The van der Waals surface area contributed by atoms with Gasteiger partial charge in [0.1, 0.15) is 0 Å². The van der Waals surface area contributed by atoms with E-state index in [1.54, 1.807) is 0 Å². The largest absolute Gasteiger partial charge is 0.327 e. The van der Waals surface area contributed by atoms with Crippen LogP contribution < -0.4 is 5.73 Å². The molecule has 2 N–H and O–H groups in total. The fourth-order valence-electron chi connectivity index (χ4n) is 0.907. The number of hydrogen-bond acceptors (Lipinski definition) is 1. The van der Waals surface area contributed by atoms with Crippen molar-refractivity contribution in [3.8, 4) is 0 Å². The van der Waals surface area contributed by atoms with Gasteiger partial charge in [-0.3, -0.25) is 0 Å². The average Bonchev–Trinajstić information content (AvgIpc) is 2.18. The Morgan fingerprint density at radius 2 is 1.86 bits per heavy atom. The molecule has 0 spiro atoms. The topological polar surface area (TPSA) is 26.0 Å². The Balaban J connectivity index is 3.26. The van der Waals surface area contributed by atoms with E-state index in [1.807, 2.05) is 0 Å². The third kappa shape index (κ3) is 2.16. The zero-order valence-electron chi connectivity index (χ0n) is 7.03. The average molecular weight is 266 g/mol. The van der Waals surface area contributed by atoms with Crippen molar-refractivity contribution < 1.29 is 13.2 Å². The molecule has 0 fully saturated rings. The van der Waals surface area contributed by atoms with E-state index in [2.05, 4.69) is 15.9 Å². The quantitative estimate of drug-likeness (QED) is 0.646. The van der Waals surface area contributed by atoms with Gasteiger partial charge in [-0.15, -0.1) is 0 Å². The first-order valence-corrected chi connectivity index (χ1v) is 4.56. The molecule has 0 aliphatic heterocycles. The predicted octanol–water partition coefficient (Wildman–Crippen LogP) is 2.84. The van der Waals surface area contributed by atoms with E-state index in [0.717, 1.165) is 6.07 Å². The van der Waals surface area contributed by atoms with Crippen LogP contribution in [0.5, 0.6) is 0 Å². The Bertz CT molecular complexity index is 377. The van der Waals surface area contributed by atoms with Crippen LogP contribution in [-0.2, 0) is 0 Å². The third-order valence-electron chi connectivity index (χ3n) is 1.56. The number of rotatable bonds is 2. The lowest BCUT2D eigenvalue weighted by Crippen LogP contribution is -1.97. The Labute approximate surface area is 87.5 Å². The van der Waals surface area contributed by atoms with Gasteiger partial charge in [0.05, 0.1) is 4.47 Å². The number of nitrogens with two attached hydrogens (primary N) is 1. The van der Waals surface area contributed by atoms with Crippen LogP contribution in [0.1, 0.15) is 5.56 Å². The third-order valence-corrected chi connectivity index (χ3v) is 2.14. The maximum atomic E-state index is 13.0. The minimum absolute atomic E-state index is 0.0405. The van der Waals surface area contributed by atoms with Crippen LogP contribution >= 0.6 is 15.9 Å². The summed E-state index contributed by atoms with van der Waals surface area (Å²) in [6, 6.07) is 1.15. The monoisotopic (exact) mass is 265 g/mol. The summed E-state index contributed by atoms with van der Waals surface area (Å²) < 4.78 is 38.5. The molecule has 0 atom stereocenters. The highest BCUT2D eigenvalue weighted by Gasteiger charge is 2.15. The van der Waals surface area contributed by atoms with Crippen molar-refractivity contribution in [2.45, 2.75) is 0 Å². The van der Waals surface area contributed by atoms with Gasteiger partial charge >= 0.3 is 0 Å². The molecule has 1 aromatic carbocycles. The summed E-state index contributed by atoms with van der Waals surface area (Å²) in [4.78, 5) is 0. The van der Waals surface area contributed by atoms with Gasteiger partial charge in [-0.25, -0.2) is 13.2 Å². The Morgan fingerprint density at radius 1 is 1.21 bits per heavy atom. The van der Waals surface area contributed by atoms with E-state index in [9.17, 15) is 13.2 Å². The molecule has 0 saturated heterocycles. The molecule has 0 aliphatic rings. The van der Waals surface area contributed by atoms with Crippen LogP contribution in [0.15, 0.2) is 16.6 Å². The zero-order chi connectivity index (χ0) is 10.7. The molecule has 1 aromatic rings. The molecular weight excluding hydrogens is 259 g/mol. The second kappa shape index (κ2) is 4.61. The highest BCUT2D eigenvalue weighted by Crippen LogP contribution is 2.24. The Morgan fingerprint density at radius 3 is 2.43 bits per heavy atom. The molecule has 14 heavy (non-hydrogen) atoms. The first-order valence-electron chi connectivity index (χ1n) is 3.77. The van der Waals surface area contributed by atoms with Gasteiger partial charge in [0.2, 0.25) is 0 Å². The highest BCUT2D eigenvalue weighted by molar-refractivity contribution is 9.10. The SMILES string of the molecule is NC/C=C/c1cc(Br)c(F)c(F)c1F. The van der Waals surface area contributed by atoms with Crippen LogP contribution in [0.3, 0.4) is 0 Å². The van der Waals surface area contributed by atoms with Gasteiger partial charge < -0.3 is 5.73 Å². The minimum atomic E-state index is -1.49. The molecule has 76 valence electrons. The van der Waals surface area contributed by atoms with Crippen LogP contribution in [0.4, 0.5) is 13.2 Å². The Hall–Kier alpha value is -0.810. The second-order valence-electron chi connectivity index (χ2n) is 2.53. The van der Waals surface area contributed by atoms with Gasteiger partial charge in [0, 0.05) is 12.1 Å². The van der Waals surface area contributed by atoms with E-state index in [-0.39, 0.29) is 16.6 Å². The lowest BCUT2D eigenvalue weighted by atomic mass is 10.2. The molecule has 0 heterocycles. The second-order valence-corrected chi connectivity index (χ2v) is 3.38. The number of benzene rings is 1. The molecule has 1 nitrogen and oxygen atoms in total. The number of hydrogen-bond donors (Lipinski definition) is 1. The Kier molecular flexibility index (Phi) is 3.71. The van der Waals surface area contributed by atoms with Gasteiger partial charge in [-0.2, -0.15) is 0 Å². The maximum absolute atomic E-state index is 13.0. The van der Waals surface area contributed by atoms with Crippen LogP contribution in [0.25, 0.3) is 6.08 Å². The van der Waals surface area contributed by atoms with E-state index >= 15 is 0 Å². The highest BCUT2D eigenvalue weighted by atomic mass is 79.9. The minimum Gasteiger partial charge on any atom is -0.327 e. The summed E-state index contributed by atoms with van der Waals surface area (Å²) in [7, 11) is 0. The normalized spacial score (nSPS) is 11.2. The van der Waals surface area contributed by atoms with E-state index in [4.69, 9.17) is 5.73 Å². The van der Waals surface area contributed by atoms with Gasteiger partial charge in [-0.1, -0.05) is 12.2 Å². The van der Waals surface area contributed by atoms with E-state index in [0.29, 0.717) is 0 Å². The zero-order valence-corrected chi connectivity index (χ0v) is 8.61. The van der Waals surface area contributed by atoms with Crippen molar-refractivity contribution >= 4 is 22.0 Å². The summed E-state index contributed by atoms with van der Waals surface area (Å²) in [5.41, 5.74) is 5.10. The van der Waals surface area contributed by atoms with Crippen LogP contribution in [0, 0.1) is 17.5 Å². The molecule has 1 rings (SSSR count). The summed E-state index contributed by atoms with van der Waals surface area (Å²) in [5.74, 6) is -3.93. The van der Waals surface area contributed by atoms with Crippen molar-refractivity contribution in [2.75, 3.05) is 6.54 Å². The van der Waals surface area contributed by atoms with Gasteiger partial charge in [0.15, 0.2) is 17.5 Å². The summed E-state index contributed by atoms with van der Waals surface area (Å²) >= 11 is 2.78.